The molecule has 17 rings (SSSR count). The molecule has 2 aliphatic rings. The zero-order valence-electron chi connectivity index (χ0n) is 75.8. The van der Waals surface area contributed by atoms with Crippen LogP contribution in [0.4, 0.5) is 8.78 Å². The van der Waals surface area contributed by atoms with Crippen LogP contribution in [0.5, 0.6) is 0 Å². The van der Waals surface area contributed by atoms with Gasteiger partial charge in [0, 0.05) is 78.4 Å². The summed E-state index contributed by atoms with van der Waals surface area (Å²) >= 11 is 0. The van der Waals surface area contributed by atoms with Crippen molar-refractivity contribution in [3.05, 3.63) is 401 Å². The highest BCUT2D eigenvalue weighted by Gasteiger charge is 2.38. The Kier molecular flexibility index (Phi) is 34.8. The van der Waals surface area contributed by atoms with E-state index < -0.39 is 101 Å². The minimum Gasteiger partial charge on any atom is -0.440 e. The molecule has 5 heterocycles. The van der Waals surface area contributed by atoms with Crippen LogP contribution >= 0.6 is 0 Å². The summed E-state index contributed by atoms with van der Waals surface area (Å²) in [6.45, 7) is -2.87. The summed E-state index contributed by atoms with van der Waals surface area (Å²) in [7, 11) is 1.58. The van der Waals surface area contributed by atoms with E-state index >= 15 is 0 Å². The number of alkyl halides is 2. The van der Waals surface area contributed by atoms with Gasteiger partial charge >= 0.3 is 6.55 Å². The van der Waals surface area contributed by atoms with Crippen molar-refractivity contribution in [2.45, 2.75) is 106 Å². The summed E-state index contributed by atoms with van der Waals surface area (Å²) in [4.78, 5) is 180. The number of amides is 8. The molecule has 0 spiro atoms. The highest BCUT2D eigenvalue weighted by molar-refractivity contribution is 6.39. The van der Waals surface area contributed by atoms with Gasteiger partial charge in [0.2, 0.25) is 28.9 Å². The fraction of sp³-hybridized carbons (Fsp3) is 0.168. The van der Waals surface area contributed by atoms with E-state index in [2.05, 4.69) is 51.9 Å². The molecule has 2 fully saturated rings. The first-order chi connectivity index (χ1) is 68.3. The molecule has 141 heavy (non-hydrogen) atoms. The second-order valence-corrected chi connectivity index (χ2v) is 32.6. The van der Waals surface area contributed by atoms with Gasteiger partial charge < -0.3 is 66.7 Å². The summed E-state index contributed by atoms with van der Waals surface area (Å²) in [5.41, 5.74) is 23.7. The average Bonchev–Trinajstić information content (AvgIpc) is 1.63. The number of nitrogens with two attached hydrogens (primary N) is 3. The van der Waals surface area contributed by atoms with Crippen LogP contribution in [0.2, 0.25) is 0 Å². The third-order valence-electron chi connectivity index (χ3n) is 22.0. The molecule has 10 aromatic carbocycles. The van der Waals surface area contributed by atoms with Gasteiger partial charge in [0.1, 0.15) is 53.3 Å². The van der Waals surface area contributed by atoms with Crippen LogP contribution in [-0.4, -0.2) is 148 Å². The highest BCUT2D eigenvalue weighted by atomic mass is 19.3. The number of carbonyl (C=O) groups excluding carboxylic acids is 14. The van der Waals surface area contributed by atoms with E-state index in [0.29, 0.717) is 75.1 Å². The number of rotatable bonds is 37. The number of primary amides is 3. The number of oxazole rings is 2. The first-order valence-corrected chi connectivity index (χ1v) is 44.6. The number of Topliss-reactive ketones (excluding diaryl/α,β-unsaturated/α-hetero) is 3. The fourth-order valence-corrected chi connectivity index (χ4v) is 14.7. The first-order valence-electron chi connectivity index (χ1n) is 44.6. The lowest BCUT2D eigenvalue weighted by Gasteiger charge is -2.16. The molecule has 32 nitrogen and oxygen atoms in total. The van der Waals surface area contributed by atoms with Gasteiger partial charge in [-0.25, -0.2) is 14.6 Å². The van der Waals surface area contributed by atoms with Gasteiger partial charge in [0.15, 0.2) is 29.0 Å². The smallest absolute Gasteiger partial charge is 0.333 e. The van der Waals surface area contributed by atoms with E-state index in [1.54, 1.807) is 92.0 Å². The second-order valence-electron chi connectivity index (χ2n) is 32.6. The summed E-state index contributed by atoms with van der Waals surface area (Å²) in [5, 5.41) is 24.8. The normalized spacial score (nSPS) is 12.7. The van der Waals surface area contributed by atoms with Crippen LogP contribution in [0.25, 0.3) is 45.2 Å². The van der Waals surface area contributed by atoms with Crippen molar-refractivity contribution in [2.24, 2.45) is 24.2 Å². The Morgan fingerprint density at radius 2 is 0.723 bits per heavy atom. The maximum Gasteiger partial charge on any atom is 0.333 e. The molecule has 5 unspecified atom stereocenters. The number of benzene rings is 10. The van der Waals surface area contributed by atoms with Crippen LogP contribution in [0.1, 0.15) is 152 Å². The molecule has 8 amide bonds. The summed E-state index contributed by atoms with van der Waals surface area (Å²) in [6.07, 6.45) is 10.1. The summed E-state index contributed by atoms with van der Waals surface area (Å²) in [5.74, 6) is -7.13. The number of nitrogens with one attached hydrogen (secondary N) is 5. The number of aldehydes is 2. The van der Waals surface area contributed by atoms with Crippen molar-refractivity contribution in [2.75, 3.05) is 0 Å². The Labute approximate surface area is 805 Å². The molecule has 0 aliphatic heterocycles. The lowest BCUT2D eigenvalue weighted by atomic mass is 10.0. The molecule has 15 aromatic rings. The van der Waals surface area contributed by atoms with Crippen molar-refractivity contribution in [3.63, 3.8) is 0 Å². The standard InChI is InChI=1S/2C23H21N3O4.C22H20N4O4.C20H17F2N3O2.C19H16N2O3/c24-21(28)19(27)17(13-14-7-3-1-4-8-14)25-22(29)18-20(15-9-5-2-6-10-15)30-23(26-18)16-11-12-16;24-21(28)19(27)17(13-14-7-3-1-4-8-14)25-22(29)20-18(15-9-5-2-6-10-15)26-23(30-20)16-11-12-16;1-26-13-16(18(25-26)19(27)15-10-6-3-7-11-15)22(30)24-17(20(28)21(23)29)12-14-8-4-2-5-9-14;21-20(22)25-12-17(18(24-25)15-9-5-2-6-10-15)19(27)23-16(13-26)11-14-7-3-1-4-8-14;22-13-16(11-14-7-3-1-4-8-14)21-19(23)17-12-20-24-18(17)15-9-5-2-6-10-15/h2*1-10,16-17H,11-13H2,(H2,24,28)(H,25,29);2-11,13,17H,12H2,1H3,(H2,23,29)(H,24,30);1-10,12-13,16,20H,11H2,(H,23,27);1-10,12-13,16H,11H2,(H,21,23). The molecule has 34 heteroatoms. The van der Waals surface area contributed by atoms with E-state index in [0.717, 1.165) is 77.1 Å². The van der Waals surface area contributed by atoms with Crippen LogP contribution in [0.15, 0.2) is 335 Å². The van der Waals surface area contributed by atoms with Gasteiger partial charge in [-0.3, -0.25) is 62.2 Å². The van der Waals surface area contributed by atoms with E-state index in [1.165, 1.54) is 17.1 Å². The molecule has 0 radical (unpaired) electrons. The number of carbonyl (C=O) groups is 14. The third kappa shape index (κ3) is 28.1. The molecule has 714 valence electrons. The molecule has 11 N–H and O–H groups in total. The molecule has 0 saturated heterocycles. The van der Waals surface area contributed by atoms with Crippen molar-refractivity contribution < 1.29 is 89.3 Å². The zero-order chi connectivity index (χ0) is 99.9. The Morgan fingerprint density at radius 3 is 1.12 bits per heavy atom. The van der Waals surface area contributed by atoms with Crippen LogP contribution < -0.4 is 43.8 Å². The number of hydrogen-bond acceptors (Lipinski definition) is 22. The van der Waals surface area contributed by atoms with E-state index in [4.69, 9.17) is 30.6 Å². The number of nitrogens with zero attached hydrogens (tertiary/aromatic N) is 7. The monoisotopic (exact) mass is 1900 g/mol. The number of aryl methyl sites for hydroxylation is 1. The maximum atomic E-state index is 13.1. The molecule has 0 bridgehead atoms. The lowest BCUT2D eigenvalue weighted by Crippen LogP contribution is -2.47. The number of aromatic nitrogens is 7. The lowest BCUT2D eigenvalue weighted by molar-refractivity contribution is -0.137. The largest absolute Gasteiger partial charge is 0.440 e. The number of hydrogen-bond donors (Lipinski definition) is 8. The van der Waals surface area contributed by atoms with Crippen molar-refractivity contribution in [1.82, 2.24) is 61.3 Å². The third-order valence-corrected chi connectivity index (χ3v) is 22.0. The van der Waals surface area contributed by atoms with Crippen molar-refractivity contribution in [1.29, 1.82) is 0 Å². The van der Waals surface area contributed by atoms with E-state index in [9.17, 15) is 75.9 Å². The fourth-order valence-electron chi connectivity index (χ4n) is 14.7. The van der Waals surface area contributed by atoms with Gasteiger partial charge in [-0.15, -0.1) is 0 Å². The molecular weight excluding hydrogens is 1810 g/mol. The minimum absolute atomic E-state index is 0.00156. The van der Waals surface area contributed by atoms with Gasteiger partial charge in [0.05, 0.1) is 29.4 Å². The molecule has 2 saturated carbocycles. The second kappa shape index (κ2) is 48.9. The minimum atomic E-state index is -2.87. The quantitative estimate of drug-likeness (QED) is 0.0102. The maximum absolute atomic E-state index is 13.1. The number of ketones is 4. The van der Waals surface area contributed by atoms with E-state index in [1.807, 2.05) is 218 Å². The van der Waals surface area contributed by atoms with Gasteiger partial charge in [-0.05, 0) is 66.3 Å². The molecule has 5 aromatic heterocycles. The van der Waals surface area contributed by atoms with Crippen LogP contribution in [-0.2, 0) is 77.5 Å². The van der Waals surface area contributed by atoms with Crippen LogP contribution in [0, 0.1) is 0 Å². The van der Waals surface area contributed by atoms with E-state index in [-0.39, 0.29) is 71.0 Å². The number of halogens is 2. The Balaban J connectivity index is 0.000000149. The summed E-state index contributed by atoms with van der Waals surface area (Å²) in [6, 6.07) is 85.7. The molecule has 5 atom stereocenters. The van der Waals surface area contributed by atoms with Crippen LogP contribution in [0.3, 0.4) is 0 Å². The first kappa shape index (κ1) is 100. The Morgan fingerprint density at radius 1 is 0.376 bits per heavy atom. The topological polar surface area (TPSA) is 491 Å². The van der Waals surface area contributed by atoms with Gasteiger partial charge in [-0.2, -0.15) is 19.0 Å². The SMILES string of the molecule is Cn1cc(C(=O)NC(Cc2ccccc2)C(=O)C(N)=O)c(C(=O)c2ccccc2)n1.NC(=O)C(=O)C(Cc1ccccc1)NC(=O)c1nc(C2CC2)oc1-c1ccccc1.NC(=O)C(=O)C(Cc1ccccc1)NC(=O)c1oc(C2CC2)nc1-c1ccccc1.O=CC(Cc1ccccc1)NC(=O)c1cn(C(F)F)nc1-c1ccccc1.O=CC(Cc1ccccc1)NC(=O)c1cnoc1-c1ccccc1. The predicted molar refractivity (Wildman–Crippen MR) is 513 cm³/mol. The Bertz CT molecular complexity index is 6690. The zero-order valence-corrected chi connectivity index (χ0v) is 75.8. The van der Waals surface area contributed by atoms with Crippen molar-refractivity contribution >= 4 is 83.0 Å². The predicted octanol–water partition coefficient (Wildman–Crippen LogP) is 12.6. The molecule has 2 aliphatic carbocycles. The highest BCUT2D eigenvalue weighted by Crippen LogP contribution is 2.43. The summed E-state index contributed by atoms with van der Waals surface area (Å²) < 4.78 is 44.8. The van der Waals surface area contributed by atoms with Gasteiger partial charge in [0.25, 0.3) is 47.3 Å². The van der Waals surface area contributed by atoms with Crippen molar-refractivity contribution in [3.8, 4) is 45.2 Å². The average molecular weight is 1900 g/mol. The Hall–Kier alpha value is -18.1. The van der Waals surface area contributed by atoms with Gasteiger partial charge in [-0.1, -0.05) is 308 Å². The molecular formula is C107H95F2N15O17.